The van der Waals surface area contributed by atoms with E-state index in [9.17, 15) is 8.42 Å². The molecule has 0 N–H and O–H groups in total. The molecule has 2 nitrogen and oxygen atoms in total. The van der Waals surface area contributed by atoms with Gasteiger partial charge < -0.3 is 17.0 Å². The molecule has 5 heteroatoms. The van der Waals surface area contributed by atoms with E-state index in [1.165, 1.54) is 18.4 Å². The van der Waals surface area contributed by atoms with Gasteiger partial charge in [-0.25, -0.2) is 8.42 Å². The second-order valence-corrected chi connectivity index (χ2v) is 4.02. The van der Waals surface area contributed by atoms with E-state index in [0.717, 1.165) is 0 Å². The quantitative estimate of drug-likeness (QED) is 0.413. The molecule has 1 aromatic carbocycles. The van der Waals surface area contributed by atoms with Crippen LogP contribution >= 0.6 is 0 Å². The number of hydrogen-bond donors (Lipinski definition) is 0. The zero-order valence-electron chi connectivity index (χ0n) is 6.62. The summed E-state index contributed by atoms with van der Waals surface area (Å²) in [4.78, 5) is 0.339. The summed E-state index contributed by atoms with van der Waals surface area (Å²) in [7, 11) is -3.02. The minimum atomic E-state index is -3.02. The van der Waals surface area contributed by atoms with Gasteiger partial charge in [0.15, 0.2) is 9.84 Å². The van der Waals surface area contributed by atoms with Crippen molar-refractivity contribution in [1.29, 1.82) is 0 Å². The first-order valence-electron chi connectivity index (χ1n) is 2.77. The zero-order valence-corrected chi connectivity index (χ0v) is 10.4. The Morgan fingerprint density at radius 1 is 1.25 bits per heavy atom. The maximum atomic E-state index is 10.8. The Balaban J connectivity index is 0. The van der Waals surface area contributed by atoms with E-state index < -0.39 is 9.84 Å². The molecule has 12 heavy (non-hydrogen) atoms. The third kappa shape index (κ3) is 4.44. The average Bonchev–Trinajstić information content (AvgIpc) is 1.88. The topological polar surface area (TPSA) is 34.1 Å². The maximum Gasteiger partial charge on any atom is 2.00 e. The Morgan fingerprint density at radius 3 is 1.92 bits per heavy atom. The number of sulfone groups is 1. The van der Waals surface area contributed by atoms with Gasteiger partial charge in [0.1, 0.15) is 0 Å². The second kappa shape index (κ2) is 5.96. The summed E-state index contributed by atoms with van der Waals surface area (Å²) in [6, 6.07) is 8.95. The van der Waals surface area contributed by atoms with Crippen molar-refractivity contribution in [3.63, 3.8) is 0 Å². The smallest absolute Gasteiger partial charge is 1.00 e. The fourth-order valence-corrected chi connectivity index (χ4v) is 1.25. The molecule has 0 aromatic heterocycles. The number of hydrogen-bond acceptors (Lipinski definition) is 2. The maximum absolute atomic E-state index is 10.8. The average molecular weight is 259 g/mol. The Kier molecular flexibility index (Phi) is 7.41. The molecule has 0 heterocycles. The molecule has 0 unspecified atom stereocenters. The molecule has 0 aliphatic rings. The van der Waals surface area contributed by atoms with Crippen molar-refractivity contribution < 1.29 is 25.4 Å². The van der Waals surface area contributed by atoms with Crippen LogP contribution in [0.15, 0.2) is 29.2 Å². The summed E-state index contributed by atoms with van der Waals surface area (Å²) >= 11 is 0. The van der Waals surface area contributed by atoms with Gasteiger partial charge in [0.2, 0.25) is 0 Å². The molecule has 0 aliphatic heterocycles. The third-order valence-corrected chi connectivity index (χ3v) is 2.24. The minimum Gasteiger partial charge on any atom is -1.00 e. The monoisotopic (exact) mass is 258 g/mol. The van der Waals surface area contributed by atoms with Gasteiger partial charge in [0, 0.05) is 6.26 Å². The second-order valence-electron chi connectivity index (χ2n) is 2.01. The van der Waals surface area contributed by atoms with Crippen LogP contribution in [0.25, 0.3) is 0 Å². The minimum absolute atomic E-state index is 0. The molecule has 0 saturated carbocycles. The van der Waals surface area contributed by atoms with E-state index in [4.69, 9.17) is 0 Å². The van der Waals surface area contributed by atoms with Gasteiger partial charge in [-0.2, -0.15) is 30.3 Å². The molecular weight excluding hydrogens is 252 g/mol. The first kappa shape index (κ1) is 14.9. The zero-order chi connectivity index (χ0) is 7.61. The summed E-state index contributed by atoms with van der Waals surface area (Å²) < 4.78 is 21.6. The van der Waals surface area contributed by atoms with Crippen LogP contribution in [0.4, 0.5) is 0 Å². The predicted molar refractivity (Wildman–Crippen MR) is 44.1 cm³/mol. The fourth-order valence-electron chi connectivity index (χ4n) is 0.619. The van der Waals surface area contributed by atoms with Crippen molar-refractivity contribution in [2.45, 2.75) is 4.90 Å². The van der Waals surface area contributed by atoms with Gasteiger partial charge in [-0.1, -0.05) is 0 Å². The molecule has 0 fully saturated rings. The summed E-state index contributed by atoms with van der Waals surface area (Å²) in [5, 5.41) is 0. The largest absolute Gasteiger partial charge is 2.00 e. The van der Waals surface area contributed by atoms with Crippen LogP contribution in [-0.4, -0.2) is 37.7 Å². The van der Waals surface area contributed by atoms with Crippen LogP contribution < -0.4 is 17.0 Å². The Labute approximate surface area is 99.2 Å². The van der Waals surface area contributed by atoms with Crippen molar-refractivity contribution in [3.05, 3.63) is 30.3 Å². The summed E-state index contributed by atoms with van der Waals surface area (Å²) in [6.07, 6.45) is 1.18. The van der Waals surface area contributed by atoms with E-state index in [1.54, 1.807) is 12.1 Å². The van der Waals surface area contributed by atoms with Crippen LogP contribution in [0.3, 0.4) is 0 Å². The molecule has 1 aromatic rings. The van der Waals surface area contributed by atoms with Crippen LogP contribution in [0.2, 0.25) is 0 Å². The third-order valence-electron chi connectivity index (χ3n) is 1.12. The van der Waals surface area contributed by atoms with E-state index in [0.29, 0.717) is 4.90 Å². The first-order valence-corrected chi connectivity index (χ1v) is 4.66. The Bertz CT molecular complexity index is 309. The van der Waals surface area contributed by atoms with Crippen molar-refractivity contribution in [1.82, 2.24) is 0 Å². The van der Waals surface area contributed by atoms with Crippen molar-refractivity contribution in [3.8, 4) is 0 Å². The van der Waals surface area contributed by atoms with Gasteiger partial charge in [-0.3, -0.25) is 0 Å². The molecule has 0 saturated heterocycles. The van der Waals surface area contributed by atoms with Gasteiger partial charge in [0.25, 0.3) is 0 Å². The van der Waals surface area contributed by atoms with Crippen molar-refractivity contribution >= 4 is 32.9 Å². The molecule has 62 valence electrons. The van der Waals surface area contributed by atoms with E-state index in [2.05, 4.69) is 6.07 Å². The van der Waals surface area contributed by atoms with Gasteiger partial charge in [0.05, 0.1) is 0 Å². The van der Waals surface area contributed by atoms with Crippen LogP contribution in [0.1, 0.15) is 0 Å². The van der Waals surface area contributed by atoms with Crippen LogP contribution in [0.5, 0.6) is 0 Å². The summed E-state index contributed by atoms with van der Waals surface area (Å²) in [5.41, 5.74) is 0. The van der Waals surface area contributed by atoms with Gasteiger partial charge in [-0.15, -0.1) is 0 Å². The normalized spacial score (nSPS) is 9.42. The molecule has 0 amide bonds. The van der Waals surface area contributed by atoms with E-state index >= 15 is 0 Å². The number of rotatable bonds is 1. The van der Waals surface area contributed by atoms with E-state index in [1.807, 2.05) is 0 Å². The van der Waals surface area contributed by atoms with Gasteiger partial charge >= 0.3 is 23.1 Å². The van der Waals surface area contributed by atoms with Gasteiger partial charge in [-0.05, 0) is 4.90 Å². The molecular formula is C7H7BrMgO2S. The van der Waals surface area contributed by atoms with Crippen molar-refractivity contribution in [2.75, 3.05) is 6.26 Å². The molecule has 1 rings (SSSR count). The molecule has 0 spiro atoms. The standard InChI is InChI=1S/C7H7O2S.BrH.Mg/c1-10(8,9)7-5-3-2-4-6-7;;/h3-6H,1H3;1H;/q-1;;+2/p-1. The Morgan fingerprint density at radius 2 is 1.67 bits per heavy atom. The fraction of sp³-hybridized carbons (Fsp3) is 0.143. The molecule has 0 bridgehead atoms. The molecule has 0 atom stereocenters. The SMILES string of the molecule is CS(=O)(=O)c1cc[c-]cc1.[Br-].[Mg+2]. The number of benzene rings is 1. The van der Waals surface area contributed by atoms with Crippen LogP contribution in [-0.2, 0) is 9.84 Å². The number of halogens is 1. The first-order chi connectivity index (χ1) is 4.61. The predicted octanol–water partition coefficient (Wildman–Crippen LogP) is -2.49. The molecule has 0 aliphatic carbocycles. The van der Waals surface area contributed by atoms with E-state index in [-0.39, 0.29) is 40.0 Å². The molecule has 0 radical (unpaired) electrons. The van der Waals surface area contributed by atoms with Crippen molar-refractivity contribution in [2.24, 2.45) is 0 Å². The Hall–Kier alpha value is 0.416. The van der Waals surface area contributed by atoms with Crippen LogP contribution in [0, 0.1) is 6.07 Å². The summed E-state index contributed by atoms with van der Waals surface area (Å²) in [6.45, 7) is 0. The summed E-state index contributed by atoms with van der Waals surface area (Å²) in [5.74, 6) is 0.